The zero-order chi connectivity index (χ0) is 15.7. The number of esters is 1. The molecule has 0 aliphatic carbocycles. The SMILES string of the molecule is CCOC(=O)CN(CCOC)C(=O)C(Cl)c1ccccc1. The first-order valence-corrected chi connectivity index (χ1v) is 7.16. The number of methoxy groups -OCH3 is 1. The fourth-order valence-corrected chi connectivity index (χ4v) is 2.04. The molecule has 0 heterocycles. The van der Waals surface area contributed by atoms with Crippen molar-refractivity contribution in [1.82, 2.24) is 4.90 Å². The highest BCUT2D eigenvalue weighted by atomic mass is 35.5. The Morgan fingerprint density at radius 1 is 1.29 bits per heavy atom. The van der Waals surface area contributed by atoms with Crippen molar-refractivity contribution in [1.29, 1.82) is 0 Å². The van der Waals surface area contributed by atoms with Crippen LogP contribution in [0.4, 0.5) is 0 Å². The quantitative estimate of drug-likeness (QED) is 0.544. The minimum absolute atomic E-state index is 0.133. The minimum atomic E-state index is -0.836. The van der Waals surface area contributed by atoms with Crippen LogP contribution in [0.3, 0.4) is 0 Å². The van der Waals surface area contributed by atoms with Crippen molar-refractivity contribution in [3.05, 3.63) is 35.9 Å². The lowest BCUT2D eigenvalue weighted by Gasteiger charge is -2.24. The van der Waals surface area contributed by atoms with Gasteiger partial charge in [-0.05, 0) is 12.5 Å². The summed E-state index contributed by atoms with van der Waals surface area (Å²) in [5.41, 5.74) is 0.690. The second kappa shape index (κ2) is 9.37. The molecule has 5 nitrogen and oxygen atoms in total. The topological polar surface area (TPSA) is 55.8 Å². The van der Waals surface area contributed by atoms with Crippen LogP contribution >= 0.6 is 11.6 Å². The molecule has 0 aromatic heterocycles. The van der Waals surface area contributed by atoms with Gasteiger partial charge in [0.2, 0.25) is 5.91 Å². The van der Waals surface area contributed by atoms with E-state index in [4.69, 9.17) is 21.1 Å². The van der Waals surface area contributed by atoms with Gasteiger partial charge >= 0.3 is 5.97 Å². The highest BCUT2D eigenvalue weighted by Crippen LogP contribution is 2.22. The molecule has 1 amide bonds. The Morgan fingerprint density at radius 3 is 2.52 bits per heavy atom. The van der Waals surface area contributed by atoms with Gasteiger partial charge in [-0.15, -0.1) is 11.6 Å². The molecule has 0 N–H and O–H groups in total. The molecule has 1 unspecified atom stereocenters. The first kappa shape index (κ1) is 17.5. The Balaban J connectivity index is 2.76. The van der Waals surface area contributed by atoms with Crippen LogP contribution in [0.25, 0.3) is 0 Å². The summed E-state index contributed by atoms with van der Waals surface area (Å²) in [5, 5.41) is -0.836. The van der Waals surface area contributed by atoms with E-state index in [1.165, 1.54) is 12.0 Å². The molecule has 0 fully saturated rings. The number of amides is 1. The lowest BCUT2D eigenvalue weighted by molar-refractivity contribution is -0.149. The molecule has 0 aliphatic rings. The number of alkyl halides is 1. The molecule has 116 valence electrons. The lowest BCUT2D eigenvalue weighted by atomic mass is 10.1. The van der Waals surface area contributed by atoms with E-state index in [9.17, 15) is 9.59 Å². The normalized spacial score (nSPS) is 11.8. The number of halogens is 1. The van der Waals surface area contributed by atoms with Crippen molar-refractivity contribution in [2.75, 3.05) is 33.4 Å². The predicted molar refractivity (Wildman–Crippen MR) is 80.1 cm³/mol. The van der Waals surface area contributed by atoms with E-state index in [-0.39, 0.29) is 25.6 Å². The molecular formula is C15H20ClNO4. The Kier molecular flexibility index (Phi) is 7.79. The van der Waals surface area contributed by atoms with Gasteiger partial charge < -0.3 is 14.4 Å². The van der Waals surface area contributed by atoms with Gasteiger partial charge in [0.05, 0.1) is 13.2 Å². The third-order valence-electron chi connectivity index (χ3n) is 2.81. The molecule has 0 bridgehead atoms. The van der Waals surface area contributed by atoms with Crippen LogP contribution in [0.1, 0.15) is 17.9 Å². The molecule has 1 rings (SSSR count). The molecule has 1 aromatic carbocycles. The van der Waals surface area contributed by atoms with E-state index in [2.05, 4.69) is 0 Å². The molecule has 0 saturated heterocycles. The summed E-state index contributed by atoms with van der Waals surface area (Å²) in [6.07, 6.45) is 0. The molecular weight excluding hydrogens is 294 g/mol. The number of carbonyl (C=O) groups is 2. The van der Waals surface area contributed by atoms with Crippen LogP contribution in [0.2, 0.25) is 0 Å². The Bertz CT molecular complexity index is 452. The molecule has 0 aliphatic heterocycles. The molecule has 0 saturated carbocycles. The molecule has 1 aromatic rings. The summed E-state index contributed by atoms with van der Waals surface area (Å²) in [5.74, 6) is -0.799. The number of hydrogen-bond acceptors (Lipinski definition) is 4. The standard InChI is InChI=1S/C15H20ClNO4/c1-3-21-13(18)11-17(9-10-20-2)15(19)14(16)12-7-5-4-6-8-12/h4-8,14H,3,9-11H2,1-2H3. The van der Waals surface area contributed by atoms with Crippen molar-refractivity contribution < 1.29 is 19.1 Å². The predicted octanol–water partition coefficient (Wildman–Crippen LogP) is 2.00. The van der Waals surface area contributed by atoms with Gasteiger partial charge in [0.25, 0.3) is 0 Å². The number of ether oxygens (including phenoxy) is 2. The average molecular weight is 314 g/mol. The zero-order valence-corrected chi connectivity index (χ0v) is 13.0. The summed E-state index contributed by atoms with van der Waals surface area (Å²) >= 11 is 6.21. The van der Waals surface area contributed by atoms with Crippen molar-refractivity contribution in [3.8, 4) is 0 Å². The van der Waals surface area contributed by atoms with Crippen LogP contribution in [-0.4, -0.2) is 50.2 Å². The number of carbonyl (C=O) groups excluding carboxylic acids is 2. The maximum Gasteiger partial charge on any atom is 0.325 e. The summed E-state index contributed by atoms with van der Waals surface area (Å²) in [7, 11) is 1.53. The molecule has 0 spiro atoms. The Morgan fingerprint density at radius 2 is 1.95 bits per heavy atom. The monoisotopic (exact) mass is 313 g/mol. The van der Waals surface area contributed by atoms with Crippen molar-refractivity contribution in [2.24, 2.45) is 0 Å². The van der Waals surface area contributed by atoms with Gasteiger partial charge in [0.1, 0.15) is 11.9 Å². The van der Waals surface area contributed by atoms with E-state index in [0.29, 0.717) is 12.2 Å². The minimum Gasteiger partial charge on any atom is -0.465 e. The fraction of sp³-hybridized carbons (Fsp3) is 0.467. The summed E-state index contributed by atoms with van der Waals surface area (Å²) in [4.78, 5) is 25.4. The highest BCUT2D eigenvalue weighted by Gasteiger charge is 2.25. The van der Waals surface area contributed by atoms with E-state index < -0.39 is 11.3 Å². The van der Waals surface area contributed by atoms with E-state index >= 15 is 0 Å². The lowest BCUT2D eigenvalue weighted by Crippen LogP contribution is -2.40. The smallest absolute Gasteiger partial charge is 0.325 e. The Hall–Kier alpha value is -1.59. The number of nitrogens with zero attached hydrogens (tertiary/aromatic N) is 1. The van der Waals surface area contributed by atoms with Crippen molar-refractivity contribution in [3.63, 3.8) is 0 Å². The number of rotatable bonds is 8. The second-order valence-corrected chi connectivity index (χ2v) is 4.77. The van der Waals surface area contributed by atoms with Gasteiger partial charge in [-0.3, -0.25) is 9.59 Å². The average Bonchev–Trinajstić information content (AvgIpc) is 2.51. The van der Waals surface area contributed by atoms with Gasteiger partial charge in [0.15, 0.2) is 0 Å². The van der Waals surface area contributed by atoms with Crippen molar-refractivity contribution >= 4 is 23.5 Å². The largest absolute Gasteiger partial charge is 0.465 e. The van der Waals surface area contributed by atoms with Gasteiger partial charge in [-0.25, -0.2) is 0 Å². The van der Waals surface area contributed by atoms with Crippen LogP contribution in [-0.2, 0) is 19.1 Å². The van der Waals surface area contributed by atoms with Gasteiger partial charge in [0, 0.05) is 13.7 Å². The first-order chi connectivity index (χ1) is 10.1. The molecule has 0 radical (unpaired) electrons. The Labute approximate surface area is 129 Å². The highest BCUT2D eigenvalue weighted by molar-refractivity contribution is 6.30. The molecule has 6 heteroatoms. The molecule has 1 atom stereocenters. The maximum absolute atomic E-state index is 12.4. The van der Waals surface area contributed by atoms with Gasteiger partial charge in [-0.2, -0.15) is 0 Å². The van der Waals surface area contributed by atoms with E-state index in [0.717, 1.165) is 0 Å². The summed E-state index contributed by atoms with van der Waals surface area (Å²) in [6, 6.07) is 9.01. The fourth-order valence-electron chi connectivity index (χ4n) is 1.76. The summed E-state index contributed by atoms with van der Waals surface area (Å²) in [6.45, 7) is 2.46. The summed E-state index contributed by atoms with van der Waals surface area (Å²) < 4.78 is 9.83. The van der Waals surface area contributed by atoms with Gasteiger partial charge in [-0.1, -0.05) is 30.3 Å². The van der Waals surface area contributed by atoms with Crippen LogP contribution in [0.15, 0.2) is 30.3 Å². The van der Waals surface area contributed by atoms with Crippen LogP contribution in [0.5, 0.6) is 0 Å². The van der Waals surface area contributed by atoms with Crippen LogP contribution < -0.4 is 0 Å². The van der Waals surface area contributed by atoms with E-state index in [1.54, 1.807) is 19.1 Å². The number of benzene rings is 1. The van der Waals surface area contributed by atoms with Crippen LogP contribution in [0, 0.1) is 0 Å². The second-order valence-electron chi connectivity index (χ2n) is 4.33. The number of hydrogen-bond donors (Lipinski definition) is 0. The van der Waals surface area contributed by atoms with E-state index in [1.807, 2.05) is 18.2 Å². The first-order valence-electron chi connectivity index (χ1n) is 6.72. The third-order valence-corrected chi connectivity index (χ3v) is 3.25. The zero-order valence-electron chi connectivity index (χ0n) is 12.3. The third kappa shape index (κ3) is 5.73. The maximum atomic E-state index is 12.4. The van der Waals surface area contributed by atoms with Crippen molar-refractivity contribution in [2.45, 2.75) is 12.3 Å². The molecule has 21 heavy (non-hydrogen) atoms.